The van der Waals surface area contributed by atoms with E-state index in [0.717, 1.165) is 11.7 Å². The van der Waals surface area contributed by atoms with Gasteiger partial charge in [0, 0.05) is 18.5 Å². The van der Waals surface area contributed by atoms with Crippen LogP contribution < -0.4 is 10.9 Å². The van der Waals surface area contributed by atoms with Gasteiger partial charge in [0.05, 0.1) is 37.2 Å². The van der Waals surface area contributed by atoms with Crippen molar-refractivity contribution in [1.29, 1.82) is 0 Å². The molecule has 3 aromatic heterocycles. The lowest BCUT2D eigenvalue weighted by molar-refractivity contribution is 0.182. The van der Waals surface area contributed by atoms with Gasteiger partial charge in [-0.1, -0.05) is 0 Å². The lowest BCUT2D eigenvalue weighted by Gasteiger charge is -2.20. The summed E-state index contributed by atoms with van der Waals surface area (Å²) < 4.78 is 16.7. The van der Waals surface area contributed by atoms with Crippen molar-refractivity contribution in [2.75, 3.05) is 18.5 Å². The van der Waals surface area contributed by atoms with E-state index in [1.165, 1.54) is 10.7 Å². The molecule has 10 heteroatoms. The Morgan fingerprint density at radius 1 is 1.35 bits per heavy atom. The summed E-state index contributed by atoms with van der Waals surface area (Å²) in [5.74, 6) is 1.25. The number of rotatable bonds is 4. The first-order chi connectivity index (χ1) is 11.3. The van der Waals surface area contributed by atoms with Crippen molar-refractivity contribution in [3.8, 4) is 5.82 Å². The Kier molecular flexibility index (Phi) is 3.60. The second-order valence-corrected chi connectivity index (χ2v) is 5.63. The van der Waals surface area contributed by atoms with Crippen molar-refractivity contribution in [1.82, 2.24) is 28.3 Å². The first-order valence-electron chi connectivity index (χ1n) is 7.03. The highest BCUT2D eigenvalue weighted by molar-refractivity contribution is 6.99. The summed E-state index contributed by atoms with van der Waals surface area (Å²) in [7, 11) is 0. The molecule has 23 heavy (non-hydrogen) atoms. The SMILES string of the molecule is O=c1ccc(-n2cccn2)nn1C1COCC1Nc1cnsn1. The lowest BCUT2D eigenvalue weighted by Crippen LogP contribution is -2.37. The molecule has 0 aromatic carbocycles. The fourth-order valence-corrected chi connectivity index (χ4v) is 2.90. The second-order valence-electron chi connectivity index (χ2n) is 5.07. The summed E-state index contributed by atoms with van der Waals surface area (Å²) in [6.07, 6.45) is 5.09. The molecule has 0 spiro atoms. The van der Waals surface area contributed by atoms with E-state index in [0.29, 0.717) is 24.8 Å². The first kappa shape index (κ1) is 14.0. The van der Waals surface area contributed by atoms with Gasteiger partial charge in [0.15, 0.2) is 11.6 Å². The van der Waals surface area contributed by atoms with Crippen molar-refractivity contribution in [3.05, 3.63) is 47.1 Å². The van der Waals surface area contributed by atoms with Crippen LogP contribution in [0.5, 0.6) is 0 Å². The largest absolute Gasteiger partial charge is 0.377 e. The van der Waals surface area contributed by atoms with Gasteiger partial charge in [-0.15, -0.1) is 5.10 Å². The highest BCUT2D eigenvalue weighted by Crippen LogP contribution is 2.21. The monoisotopic (exact) mass is 331 g/mol. The minimum Gasteiger partial charge on any atom is -0.377 e. The highest BCUT2D eigenvalue weighted by Gasteiger charge is 2.32. The van der Waals surface area contributed by atoms with Crippen LogP contribution in [-0.4, -0.2) is 47.6 Å². The summed E-state index contributed by atoms with van der Waals surface area (Å²) in [5.41, 5.74) is -0.181. The number of hydrogen-bond acceptors (Lipinski definition) is 8. The molecule has 0 amide bonds. The van der Waals surface area contributed by atoms with E-state index in [-0.39, 0.29) is 17.6 Å². The zero-order valence-electron chi connectivity index (χ0n) is 11.9. The molecule has 1 fully saturated rings. The third-order valence-electron chi connectivity index (χ3n) is 3.61. The number of ether oxygens (including phenoxy) is 1. The predicted octanol–water partition coefficient (Wildman–Crippen LogP) is 0.332. The number of nitrogens with one attached hydrogen (secondary N) is 1. The summed E-state index contributed by atoms with van der Waals surface area (Å²) in [4.78, 5) is 12.2. The first-order valence-corrected chi connectivity index (χ1v) is 7.76. The quantitative estimate of drug-likeness (QED) is 0.735. The van der Waals surface area contributed by atoms with Gasteiger partial charge in [0.25, 0.3) is 5.56 Å². The minimum absolute atomic E-state index is 0.100. The fourth-order valence-electron chi connectivity index (χ4n) is 2.52. The summed E-state index contributed by atoms with van der Waals surface area (Å²) in [5, 5.41) is 11.8. The third kappa shape index (κ3) is 2.73. The Morgan fingerprint density at radius 3 is 3.09 bits per heavy atom. The molecule has 1 aliphatic heterocycles. The molecule has 2 unspecified atom stereocenters. The maximum Gasteiger partial charge on any atom is 0.267 e. The third-order valence-corrected chi connectivity index (χ3v) is 4.09. The van der Waals surface area contributed by atoms with Crippen LogP contribution in [-0.2, 0) is 4.74 Å². The maximum absolute atomic E-state index is 12.2. The maximum atomic E-state index is 12.2. The molecule has 1 N–H and O–H groups in total. The van der Waals surface area contributed by atoms with Crippen LogP contribution in [0.1, 0.15) is 6.04 Å². The van der Waals surface area contributed by atoms with Crippen molar-refractivity contribution in [2.24, 2.45) is 0 Å². The summed E-state index contributed by atoms with van der Waals surface area (Å²) >= 11 is 1.12. The molecule has 0 bridgehead atoms. The van der Waals surface area contributed by atoms with Gasteiger partial charge in [-0.3, -0.25) is 4.79 Å². The normalized spacial score (nSPS) is 20.7. The molecule has 2 atom stereocenters. The van der Waals surface area contributed by atoms with Crippen LogP contribution >= 0.6 is 11.7 Å². The van der Waals surface area contributed by atoms with Crippen LogP contribution in [0.3, 0.4) is 0 Å². The molecule has 118 valence electrons. The smallest absolute Gasteiger partial charge is 0.267 e. The van der Waals surface area contributed by atoms with Gasteiger partial charge in [0.1, 0.15) is 6.04 Å². The van der Waals surface area contributed by atoms with E-state index in [1.807, 2.05) is 0 Å². The molecular weight excluding hydrogens is 318 g/mol. The standard InChI is InChI=1S/C13H13N7O2S/c21-13-3-2-12(19-5-1-4-14-19)17-20(13)10-8-22-7-9(10)16-11-6-15-23-18-11/h1-6,9-10H,7-8H2,(H,16,18). The Bertz CT molecular complexity index is 830. The van der Waals surface area contributed by atoms with Crippen LogP contribution in [0, 0.1) is 0 Å². The molecule has 0 aliphatic carbocycles. The number of aromatic nitrogens is 6. The van der Waals surface area contributed by atoms with Gasteiger partial charge < -0.3 is 10.1 Å². The molecule has 3 aromatic rings. The lowest BCUT2D eigenvalue weighted by atomic mass is 10.2. The van der Waals surface area contributed by atoms with Gasteiger partial charge >= 0.3 is 0 Å². The summed E-state index contributed by atoms with van der Waals surface area (Å²) in [6, 6.07) is 4.62. The predicted molar refractivity (Wildman–Crippen MR) is 82.8 cm³/mol. The van der Waals surface area contributed by atoms with E-state index < -0.39 is 0 Å². The molecule has 4 heterocycles. The van der Waals surface area contributed by atoms with Gasteiger partial charge in [0.2, 0.25) is 0 Å². The minimum atomic E-state index is -0.222. The van der Waals surface area contributed by atoms with Crippen LogP contribution in [0.2, 0.25) is 0 Å². The molecule has 9 nitrogen and oxygen atoms in total. The molecule has 1 saturated heterocycles. The number of nitrogens with zero attached hydrogens (tertiary/aromatic N) is 6. The highest BCUT2D eigenvalue weighted by atomic mass is 32.1. The summed E-state index contributed by atoms with van der Waals surface area (Å²) in [6.45, 7) is 0.882. The zero-order chi connectivity index (χ0) is 15.6. The van der Waals surface area contributed by atoms with Crippen molar-refractivity contribution in [3.63, 3.8) is 0 Å². The average Bonchev–Trinajstić information content (AvgIpc) is 3.31. The van der Waals surface area contributed by atoms with Crippen LogP contribution in [0.4, 0.5) is 5.82 Å². The zero-order valence-corrected chi connectivity index (χ0v) is 12.8. The Hall–Kier alpha value is -2.59. The molecule has 0 saturated carbocycles. The van der Waals surface area contributed by atoms with Gasteiger partial charge in [-0.25, -0.2) is 9.36 Å². The molecule has 4 rings (SSSR count). The van der Waals surface area contributed by atoms with Crippen molar-refractivity contribution < 1.29 is 4.74 Å². The number of hydrogen-bond donors (Lipinski definition) is 1. The van der Waals surface area contributed by atoms with Gasteiger partial charge in [-0.05, 0) is 12.1 Å². The van der Waals surface area contributed by atoms with Crippen LogP contribution in [0.25, 0.3) is 5.82 Å². The molecule has 0 radical (unpaired) electrons. The van der Waals surface area contributed by atoms with E-state index >= 15 is 0 Å². The second kappa shape index (κ2) is 5.89. The number of anilines is 1. The van der Waals surface area contributed by atoms with E-state index in [4.69, 9.17) is 4.74 Å². The van der Waals surface area contributed by atoms with Gasteiger partial charge in [-0.2, -0.15) is 13.8 Å². The topological polar surface area (TPSA) is 99.8 Å². The van der Waals surface area contributed by atoms with Crippen molar-refractivity contribution >= 4 is 17.5 Å². The fraction of sp³-hybridized carbons (Fsp3) is 0.308. The Morgan fingerprint density at radius 2 is 2.30 bits per heavy atom. The van der Waals surface area contributed by atoms with Crippen molar-refractivity contribution in [2.45, 2.75) is 12.1 Å². The molecule has 1 aliphatic rings. The Balaban J connectivity index is 1.66. The van der Waals surface area contributed by atoms with E-state index in [2.05, 4.69) is 24.3 Å². The average molecular weight is 331 g/mol. The molecular formula is C13H13N7O2S. The van der Waals surface area contributed by atoms with E-state index in [9.17, 15) is 4.79 Å². The van der Waals surface area contributed by atoms with E-state index in [1.54, 1.807) is 35.4 Å². The Labute approximate surface area is 134 Å². The van der Waals surface area contributed by atoms with Crippen LogP contribution in [0.15, 0.2) is 41.6 Å².